The minimum Gasteiger partial charge on any atom is -0.206 e. The molecule has 0 aliphatic heterocycles. The van der Waals surface area contributed by atoms with Crippen LogP contribution >= 0.6 is 15.9 Å². The molecule has 0 aliphatic rings. The molecule has 0 radical (unpaired) electrons. The third kappa shape index (κ3) is 3.28. The summed E-state index contributed by atoms with van der Waals surface area (Å²) >= 11 is 3.29. The van der Waals surface area contributed by atoms with Crippen molar-refractivity contribution >= 4 is 24.0 Å². The molecule has 0 N–H and O–H groups in total. The lowest BCUT2D eigenvalue weighted by Gasteiger charge is -2.04. The summed E-state index contributed by atoms with van der Waals surface area (Å²) < 4.78 is 14.0. The van der Waals surface area contributed by atoms with Crippen LogP contribution in [0, 0.1) is 17.3 Å². The van der Waals surface area contributed by atoms with Gasteiger partial charge in [-0.1, -0.05) is 31.6 Å². The number of hydrogen-bond donors (Lipinski definition) is 0. The summed E-state index contributed by atoms with van der Waals surface area (Å²) in [5.41, 5.74) is 3.61. The van der Waals surface area contributed by atoms with Crippen LogP contribution in [0.1, 0.15) is 5.56 Å². The first kappa shape index (κ1) is 11.5. The van der Waals surface area contributed by atoms with Crippen molar-refractivity contribution in [2.75, 3.05) is 0 Å². The zero-order chi connectivity index (χ0) is 10.8. The first-order valence-electron chi connectivity index (χ1n) is 4.37. The summed E-state index contributed by atoms with van der Waals surface area (Å²) in [6, 6.07) is 4.90. The zero-order valence-electron chi connectivity index (χ0n) is 8.49. The molecular formula is C11H12BrFSi. The highest BCUT2D eigenvalue weighted by atomic mass is 79.9. The fourth-order valence-corrected chi connectivity index (χ4v) is 1.81. The Morgan fingerprint density at radius 3 is 2.43 bits per heavy atom. The van der Waals surface area contributed by atoms with Crippen LogP contribution in [0.15, 0.2) is 22.7 Å². The maximum absolute atomic E-state index is 13.3. The Morgan fingerprint density at radius 2 is 1.93 bits per heavy atom. The molecule has 1 aromatic rings. The molecule has 0 heterocycles. The van der Waals surface area contributed by atoms with Crippen molar-refractivity contribution < 1.29 is 4.39 Å². The molecule has 1 rings (SSSR count). The standard InChI is InChI=1S/C11H12BrFSi/c1-14(2,3)8-7-9-10(12)5-4-6-11(9)13/h4-6H,1-3H3. The average Bonchev–Trinajstić information content (AvgIpc) is 2.01. The molecule has 0 aromatic heterocycles. The lowest BCUT2D eigenvalue weighted by Crippen LogP contribution is -2.16. The van der Waals surface area contributed by atoms with Crippen LogP contribution in [0.5, 0.6) is 0 Å². The Balaban J connectivity index is 3.13. The normalized spacial score (nSPS) is 10.6. The van der Waals surface area contributed by atoms with Gasteiger partial charge >= 0.3 is 0 Å². The minimum atomic E-state index is -1.43. The molecule has 0 saturated heterocycles. The molecule has 3 heteroatoms. The van der Waals surface area contributed by atoms with Gasteiger partial charge in [-0.25, -0.2) is 4.39 Å². The number of benzene rings is 1. The Bertz CT molecular complexity index is 376. The fourth-order valence-electron chi connectivity index (χ4n) is 0.867. The topological polar surface area (TPSA) is 0 Å². The van der Waals surface area contributed by atoms with Gasteiger partial charge in [-0.05, 0) is 28.1 Å². The van der Waals surface area contributed by atoms with E-state index < -0.39 is 8.07 Å². The highest BCUT2D eigenvalue weighted by Gasteiger charge is 2.09. The zero-order valence-corrected chi connectivity index (χ0v) is 11.1. The van der Waals surface area contributed by atoms with Crippen molar-refractivity contribution in [3.63, 3.8) is 0 Å². The van der Waals surface area contributed by atoms with Crippen LogP contribution in [0.25, 0.3) is 0 Å². The van der Waals surface area contributed by atoms with Crippen molar-refractivity contribution in [3.8, 4) is 11.5 Å². The van der Waals surface area contributed by atoms with Gasteiger partial charge in [0, 0.05) is 4.47 Å². The third-order valence-corrected chi connectivity index (χ3v) is 3.06. The van der Waals surface area contributed by atoms with E-state index in [0.717, 1.165) is 4.47 Å². The molecule has 0 aliphatic carbocycles. The molecule has 0 fully saturated rings. The van der Waals surface area contributed by atoms with Crippen molar-refractivity contribution in [3.05, 3.63) is 34.1 Å². The molecule has 0 unspecified atom stereocenters. The predicted molar refractivity (Wildman–Crippen MR) is 64.3 cm³/mol. The Kier molecular flexibility index (Phi) is 3.52. The maximum Gasteiger partial charge on any atom is 0.139 e. The Morgan fingerprint density at radius 1 is 1.29 bits per heavy atom. The van der Waals surface area contributed by atoms with Crippen LogP contribution in [0.4, 0.5) is 4.39 Å². The van der Waals surface area contributed by atoms with Gasteiger partial charge in [0.1, 0.15) is 13.9 Å². The third-order valence-electron chi connectivity index (χ3n) is 1.53. The van der Waals surface area contributed by atoms with Crippen LogP contribution in [-0.4, -0.2) is 8.07 Å². The quantitative estimate of drug-likeness (QED) is 0.497. The monoisotopic (exact) mass is 270 g/mol. The van der Waals surface area contributed by atoms with Gasteiger partial charge in [-0.2, -0.15) is 0 Å². The van der Waals surface area contributed by atoms with Gasteiger partial charge in [0.2, 0.25) is 0 Å². The fraction of sp³-hybridized carbons (Fsp3) is 0.273. The summed E-state index contributed by atoms with van der Waals surface area (Å²) in [6.45, 7) is 6.40. The second-order valence-corrected chi connectivity index (χ2v) is 9.70. The van der Waals surface area contributed by atoms with E-state index in [1.807, 2.05) is 0 Å². The molecule has 14 heavy (non-hydrogen) atoms. The number of halogens is 2. The molecular weight excluding hydrogens is 259 g/mol. The lowest BCUT2D eigenvalue weighted by molar-refractivity contribution is 0.623. The molecule has 0 spiro atoms. The van der Waals surface area contributed by atoms with E-state index in [1.54, 1.807) is 12.1 Å². The molecule has 0 saturated carbocycles. The van der Waals surface area contributed by atoms with E-state index in [2.05, 4.69) is 47.0 Å². The minimum absolute atomic E-state index is 0.259. The first-order chi connectivity index (χ1) is 6.40. The van der Waals surface area contributed by atoms with Crippen LogP contribution in [-0.2, 0) is 0 Å². The SMILES string of the molecule is C[Si](C)(C)C#Cc1c(F)cccc1Br. The van der Waals surface area contributed by atoms with Crippen LogP contribution in [0.3, 0.4) is 0 Å². The molecule has 0 amide bonds. The molecule has 0 bridgehead atoms. The molecule has 1 aromatic carbocycles. The first-order valence-corrected chi connectivity index (χ1v) is 8.66. The van der Waals surface area contributed by atoms with Crippen LogP contribution in [0.2, 0.25) is 19.6 Å². The second-order valence-electron chi connectivity index (χ2n) is 4.10. The van der Waals surface area contributed by atoms with E-state index in [9.17, 15) is 4.39 Å². The largest absolute Gasteiger partial charge is 0.206 e. The number of hydrogen-bond acceptors (Lipinski definition) is 0. The van der Waals surface area contributed by atoms with Crippen LogP contribution < -0.4 is 0 Å². The van der Waals surface area contributed by atoms with Crippen molar-refractivity contribution in [1.29, 1.82) is 0 Å². The second kappa shape index (κ2) is 4.29. The Hall–Kier alpha value is -0.593. The summed E-state index contributed by atoms with van der Waals surface area (Å²) in [4.78, 5) is 0. The van der Waals surface area contributed by atoms with E-state index >= 15 is 0 Å². The van der Waals surface area contributed by atoms with Crippen molar-refractivity contribution in [2.45, 2.75) is 19.6 Å². The molecule has 0 nitrogen and oxygen atoms in total. The lowest BCUT2D eigenvalue weighted by atomic mass is 10.2. The van der Waals surface area contributed by atoms with Crippen molar-refractivity contribution in [1.82, 2.24) is 0 Å². The molecule has 0 atom stereocenters. The van der Waals surface area contributed by atoms with E-state index in [0.29, 0.717) is 5.56 Å². The highest BCUT2D eigenvalue weighted by molar-refractivity contribution is 9.10. The van der Waals surface area contributed by atoms with Gasteiger partial charge in [-0.15, -0.1) is 5.54 Å². The molecule has 74 valence electrons. The maximum atomic E-state index is 13.3. The summed E-state index contributed by atoms with van der Waals surface area (Å²) in [7, 11) is -1.43. The Labute approximate surface area is 93.7 Å². The smallest absolute Gasteiger partial charge is 0.139 e. The van der Waals surface area contributed by atoms with E-state index in [1.165, 1.54) is 6.07 Å². The summed E-state index contributed by atoms with van der Waals surface area (Å²) in [6.07, 6.45) is 0. The van der Waals surface area contributed by atoms with Gasteiger partial charge in [-0.3, -0.25) is 0 Å². The number of rotatable bonds is 0. The van der Waals surface area contributed by atoms with Gasteiger partial charge < -0.3 is 0 Å². The van der Waals surface area contributed by atoms with E-state index in [4.69, 9.17) is 0 Å². The predicted octanol–water partition coefficient (Wildman–Crippen LogP) is 3.82. The average molecular weight is 271 g/mol. The van der Waals surface area contributed by atoms with Gasteiger partial charge in [0.25, 0.3) is 0 Å². The highest BCUT2D eigenvalue weighted by Crippen LogP contribution is 2.18. The van der Waals surface area contributed by atoms with E-state index in [-0.39, 0.29) is 5.82 Å². The summed E-state index contributed by atoms with van der Waals surface area (Å²) in [5.74, 6) is 2.65. The summed E-state index contributed by atoms with van der Waals surface area (Å²) in [5, 5.41) is 0. The van der Waals surface area contributed by atoms with Gasteiger partial charge in [0.05, 0.1) is 5.56 Å². The van der Waals surface area contributed by atoms with Crippen molar-refractivity contribution in [2.24, 2.45) is 0 Å². The van der Waals surface area contributed by atoms with Gasteiger partial charge in [0.15, 0.2) is 0 Å².